The third-order valence-electron chi connectivity index (χ3n) is 1.24. The Morgan fingerprint density at radius 3 is 2.82 bits per heavy atom. The highest BCUT2D eigenvalue weighted by molar-refractivity contribution is 9.10. The molecule has 0 spiro atoms. The summed E-state index contributed by atoms with van der Waals surface area (Å²) in [7, 11) is 0. The number of aromatic nitrogens is 1. The van der Waals surface area contributed by atoms with Crippen LogP contribution in [-0.4, -0.2) is 10.1 Å². The smallest absolute Gasteiger partial charge is 0.262 e. The highest BCUT2D eigenvalue weighted by atomic mass is 79.9. The number of H-pyrrole nitrogens is 1. The molecule has 0 radical (unpaired) electrons. The van der Waals surface area contributed by atoms with Crippen LogP contribution in [0.3, 0.4) is 0 Å². The summed E-state index contributed by atoms with van der Waals surface area (Å²) in [5, 5.41) is 9.10. The lowest BCUT2D eigenvalue weighted by Gasteiger charge is -2.00. The molecule has 0 saturated heterocycles. The van der Waals surface area contributed by atoms with E-state index in [9.17, 15) is 4.79 Å². The average Bonchev–Trinajstić information content (AvgIpc) is 1.99. The van der Waals surface area contributed by atoms with Crippen molar-refractivity contribution < 1.29 is 5.11 Å². The summed E-state index contributed by atoms with van der Waals surface area (Å²) in [6, 6.07) is 0. The number of pyridine rings is 1. The molecular weight excluding hydrogens is 233 g/mol. The molecule has 0 aliphatic rings. The predicted octanol–water partition coefficient (Wildman–Crippen LogP) is 1.28. The average molecular weight is 238 g/mol. The SMILES string of the molecule is O=c1[nH]cc(Cl)c(CO)c1Br. The van der Waals surface area contributed by atoms with Crippen LogP contribution in [0.1, 0.15) is 5.56 Å². The van der Waals surface area contributed by atoms with Gasteiger partial charge in [0, 0.05) is 11.8 Å². The van der Waals surface area contributed by atoms with Gasteiger partial charge in [0.05, 0.1) is 16.1 Å². The van der Waals surface area contributed by atoms with E-state index in [0.29, 0.717) is 10.6 Å². The minimum Gasteiger partial charge on any atom is -0.392 e. The van der Waals surface area contributed by atoms with Crippen molar-refractivity contribution >= 4 is 27.5 Å². The van der Waals surface area contributed by atoms with Gasteiger partial charge in [-0.2, -0.15) is 0 Å². The van der Waals surface area contributed by atoms with E-state index in [-0.39, 0.29) is 16.6 Å². The molecule has 0 fully saturated rings. The van der Waals surface area contributed by atoms with Crippen LogP contribution in [0.2, 0.25) is 5.02 Å². The lowest BCUT2D eigenvalue weighted by molar-refractivity contribution is 0.281. The topological polar surface area (TPSA) is 53.1 Å². The molecule has 60 valence electrons. The first-order valence-corrected chi connectivity index (χ1v) is 4.00. The molecule has 11 heavy (non-hydrogen) atoms. The standard InChI is InChI=1S/C6H5BrClNO2/c7-5-3(2-10)4(8)1-9-6(5)11/h1,10H,2H2,(H,9,11). The number of nitrogens with one attached hydrogen (secondary N) is 1. The van der Waals surface area contributed by atoms with Gasteiger partial charge in [0.15, 0.2) is 0 Å². The molecule has 1 aromatic rings. The normalized spacial score (nSPS) is 10.1. The third-order valence-corrected chi connectivity index (χ3v) is 2.42. The lowest BCUT2D eigenvalue weighted by Crippen LogP contribution is -2.08. The molecule has 3 nitrogen and oxygen atoms in total. The summed E-state index contributed by atoms with van der Waals surface area (Å²) in [4.78, 5) is 13.3. The van der Waals surface area contributed by atoms with Crippen LogP contribution in [0.25, 0.3) is 0 Å². The van der Waals surface area contributed by atoms with Crippen molar-refractivity contribution in [2.45, 2.75) is 6.61 Å². The lowest BCUT2D eigenvalue weighted by atomic mass is 10.3. The fourth-order valence-electron chi connectivity index (χ4n) is 0.666. The van der Waals surface area contributed by atoms with Crippen molar-refractivity contribution in [2.24, 2.45) is 0 Å². The molecule has 0 amide bonds. The molecule has 1 aromatic heterocycles. The largest absolute Gasteiger partial charge is 0.392 e. The quantitative estimate of drug-likeness (QED) is 0.774. The van der Waals surface area contributed by atoms with Crippen LogP contribution in [-0.2, 0) is 6.61 Å². The Morgan fingerprint density at radius 1 is 1.73 bits per heavy atom. The number of rotatable bonds is 1. The van der Waals surface area contributed by atoms with Crippen LogP contribution in [0.4, 0.5) is 0 Å². The Hall–Kier alpha value is -0.320. The Morgan fingerprint density at radius 2 is 2.36 bits per heavy atom. The minimum atomic E-state index is -0.293. The molecule has 0 aromatic carbocycles. The van der Waals surface area contributed by atoms with E-state index in [0.717, 1.165) is 0 Å². The number of aliphatic hydroxyl groups excluding tert-OH is 1. The maximum Gasteiger partial charge on any atom is 0.262 e. The fourth-order valence-corrected chi connectivity index (χ4v) is 1.44. The first-order valence-electron chi connectivity index (χ1n) is 2.83. The van der Waals surface area contributed by atoms with Crippen molar-refractivity contribution in [1.29, 1.82) is 0 Å². The van der Waals surface area contributed by atoms with Crippen LogP contribution in [0, 0.1) is 0 Å². The first kappa shape index (κ1) is 8.77. The summed E-state index contributed by atoms with van der Waals surface area (Å²) in [5.74, 6) is 0. The molecule has 0 aliphatic heterocycles. The van der Waals surface area contributed by atoms with Crippen molar-refractivity contribution in [1.82, 2.24) is 4.98 Å². The Labute approximate surface area is 76.1 Å². The molecule has 1 rings (SSSR count). The van der Waals surface area contributed by atoms with Crippen molar-refractivity contribution in [3.8, 4) is 0 Å². The summed E-state index contributed by atoms with van der Waals surface area (Å²) < 4.78 is 0.285. The van der Waals surface area contributed by atoms with Gasteiger partial charge in [0.25, 0.3) is 5.56 Å². The maximum absolute atomic E-state index is 10.9. The predicted molar refractivity (Wildman–Crippen MR) is 45.7 cm³/mol. The zero-order valence-corrected chi connectivity index (χ0v) is 7.74. The highest BCUT2D eigenvalue weighted by Gasteiger charge is 2.06. The molecule has 0 atom stereocenters. The summed E-state index contributed by atoms with van der Waals surface area (Å²) >= 11 is 8.64. The molecular formula is C6H5BrClNO2. The highest BCUT2D eigenvalue weighted by Crippen LogP contribution is 2.19. The number of aromatic amines is 1. The van der Waals surface area contributed by atoms with Crippen LogP contribution < -0.4 is 5.56 Å². The van der Waals surface area contributed by atoms with Crippen LogP contribution in [0.15, 0.2) is 15.5 Å². The van der Waals surface area contributed by atoms with Crippen molar-refractivity contribution in [3.05, 3.63) is 31.6 Å². The fraction of sp³-hybridized carbons (Fsp3) is 0.167. The number of hydrogen-bond acceptors (Lipinski definition) is 2. The van der Waals surface area contributed by atoms with Gasteiger partial charge in [-0.3, -0.25) is 4.79 Å². The second-order valence-corrected chi connectivity index (χ2v) is 3.12. The van der Waals surface area contributed by atoms with E-state index in [1.165, 1.54) is 6.20 Å². The van der Waals surface area contributed by atoms with Gasteiger partial charge in [-0.05, 0) is 15.9 Å². The van der Waals surface area contributed by atoms with Gasteiger partial charge >= 0.3 is 0 Å². The second kappa shape index (κ2) is 3.38. The molecule has 0 aliphatic carbocycles. The summed E-state index contributed by atoms with van der Waals surface area (Å²) in [6.07, 6.45) is 1.35. The van der Waals surface area contributed by atoms with E-state index in [1.54, 1.807) is 0 Å². The molecule has 5 heteroatoms. The van der Waals surface area contributed by atoms with Crippen LogP contribution >= 0.6 is 27.5 Å². The van der Waals surface area contributed by atoms with Gasteiger partial charge in [-0.25, -0.2) is 0 Å². The van der Waals surface area contributed by atoms with Gasteiger partial charge in [0.2, 0.25) is 0 Å². The van der Waals surface area contributed by atoms with E-state index in [1.807, 2.05) is 0 Å². The molecule has 0 saturated carbocycles. The van der Waals surface area contributed by atoms with Gasteiger partial charge in [0.1, 0.15) is 0 Å². The molecule has 2 N–H and O–H groups in total. The van der Waals surface area contributed by atoms with Gasteiger partial charge in [-0.1, -0.05) is 11.6 Å². The van der Waals surface area contributed by atoms with E-state index in [4.69, 9.17) is 16.7 Å². The van der Waals surface area contributed by atoms with Gasteiger partial charge in [-0.15, -0.1) is 0 Å². The maximum atomic E-state index is 10.9. The van der Waals surface area contributed by atoms with E-state index in [2.05, 4.69) is 20.9 Å². The first-order chi connectivity index (χ1) is 5.16. The Kier molecular flexibility index (Phi) is 2.70. The number of aliphatic hydroxyl groups is 1. The van der Waals surface area contributed by atoms with Crippen molar-refractivity contribution in [3.63, 3.8) is 0 Å². The second-order valence-electron chi connectivity index (χ2n) is 1.92. The molecule has 0 unspecified atom stereocenters. The zero-order valence-electron chi connectivity index (χ0n) is 5.40. The minimum absolute atomic E-state index is 0.247. The monoisotopic (exact) mass is 237 g/mol. The van der Waals surface area contributed by atoms with E-state index >= 15 is 0 Å². The van der Waals surface area contributed by atoms with E-state index < -0.39 is 0 Å². The van der Waals surface area contributed by atoms with Crippen LogP contribution in [0.5, 0.6) is 0 Å². The Bertz CT molecular complexity index is 323. The third kappa shape index (κ3) is 1.64. The zero-order chi connectivity index (χ0) is 8.43. The van der Waals surface area contributed by atoms with Gasteiger partial charge < -0.3 is 10.1 Å². The number of halogens is 2. The molecule has 0 bridgehead atoms. The van der Waals surface area contributed by atoms with Crippen molar-refractivity contribution in [2.75, 3.05) is 0 Å². The Balaban J connectivity index is 3.41. The summed E-state index contributed by atoms with van der Waals surface area (Å²) in [5.41, 5.74) is 0.119. The molecule has 1 heterocycles. The summed E-state index contributed by atoms with van der Waals surface area (Å²) in [6.45, 7) is -0.247. The number of hydrogen-bond donors (Lipinski definition) is 2.